The van der Waals surface area contributed by atoms with Crippen LogP contribution in [0.1, 0.15) is 18.4 Å². The molecule has 88 valence electrons. The highest BCUT2D eigenvalue weighted by molar-refractivity contribution is 6.30. The van der Waals surface area contributed by atoms with E-state index in [1.54, 1.807) is 12.1 Å². The minimum Gasteiger partial charge on any atom is -0.373 e. The first-order chi connectivity index (χ1) is 7.69. The van der Waals surface area contributed by atoms with Crippen molar-refractivity contribution in [1.82, 2.24) is 0 Å². The summed E-state index contributed by atoms with van der Waals surface area (Å²) >= 11 is 5.66. The van der Waals surface area contributed by atoms with Crippen LogP contribution in [-0.4, -0.2) is 12.6 Å². The molecule has 0 unspecified atom stereocenters. The van der Waals surface area contributed by atoms with Crippen molar-refractivity contribution in [3.63, 3.8) is 0 Å². The second-order valence-electron chi connectivity index (χ2n) is 4.24. The van der Waals surface area contributed by atoms with Gasteiger partial charge >= 0.3 is 0 Å². The van der Waals surface area contributed by atoms with Crippen molar-refractivity contribution in [3.05, 3.63) is 34.6 Å². The molecule has 0 aromatic heterocycles. The van der Waals surface area contributed by atoms with E-state index in [4.69, 9.17) is 22.1 Å². The summed E-state index contributed by atoms with van der Waals surface area (Å²) in [6.07, 6.45) is 2.22. The maximum absolute atomic E-state index is 13.4. The number of nitrogens with two attached hydrogens (primary N) is 1. The molecule has 2 N–H and O–H groups in total. The lowest BCUT2D eigenvalue weighted by molar-refractivity contribution is -0.0384. The minimum absolute atomic E-state index is 0.239. The lowest BCUT2D eigenvalue weighted by Gasteiger charge is -2.34. The van der Waals surface area contributed by atoms with E-state index in [-0.39, 0.29) is 11.9 Å². The Morgan fingerprint density at radius 2 is 2.19 bits per heavy atom. The summed E-state index contributed by atoms with van der Waals surface area (Å²) in [6.45, 7) is 1.03. The topological polar surface area (TPSA) is 35.2 Å². The quantitative estimate of drug-likeness (QED) is 0.883. The van der Waals surface area contributed by atoms with Crippen molar-refractivity contribution in [2.24, 2.45) is 11.7 Å². The van der Waals surface area contributed by atoms with Gasteiger partial charge in [0.2, 0.25) is 0 Å². The first-order valence-electron chi connectivity index (χ1n) is 5.44. The van der Waals surface area contributed by atoms with Crippen molar-refractivity contribution < 1.29 is 9.13 Å². The van der Waals surface area contributed by atoms with Crippen molar-refractivity contribution in [3.8, 4) is 0 Å². The van der Waals surface area contributed by atoms with Crippen molar-refractivity contribution in [1.29, 1.82) is 0 Å². The van der Waals surface area contributed by atoms with E-state index < -0.39 is 0 Å². The number of hydrogen-bond donors (Lipinski definition) is 1. The van der Waals surface area contributed by atoms with Gasteiger partial charge < -0.3 is 10.5 Å². The first-order valence-corrected chi connectivity index (χ1v) is 5.82. The maximum atomic E-state index is 13.4. The number of hydrogen-bond acceptors (Lipinski definition) is 2. The maximum Gasteiger partial charge on any atom is 0.130 e. The van der Waals surface area contributed by atoms with Crippen LogP contribution in [0.4, 0.5) is 4.39 Å². The number of benzene rings is 1. The molecule has 1 aromatic rings. The Balaban J connectivity index is 1.82. The van der Waals surface area contributed by atoms with Crippen LogP contribution in [-0.2, 0) is 11.3 Å². The minimum atomic E-state index is -0.304. The zero-order chi connectivity index (χ0) is 11.5. The van der Waals surface area contributed by atoms with E-state index >= 15 is 0 Å². The van der Waals surface area contributed by atoms with E-state index in [0.29, 0.717) is 23.1 Å². The summed E-state index contributed by atoms with van der Waals surface area (Å²) in [4.78, 5) is 0. The highest BCUT2D eigenvalue weighted by Gasteiger charge is 2.28. The SMILES string of the molecule is NCC1CC(OCc2ccc(Cl)cc2F)C1. The molecule has 0 atom stereocenters. The second kappa shape index (κ2) is 5.13. The van der Waals surface area contributed by atoms with Gasteiger partial charge in [-0.05, 0) is 37.4 Å². The van der Waals surface area contributed by atoms with E-state index in [9.17, 15) is 4.39 Å². The Labute approximate surface area is 99.5 Å². The Morgan fingerprint density at radius 1 is 1.44 bits per heavy atom. The molecule has 0 heterocycles. The number of rotatable bonds is 4. The molecule has 16 heavy (non-hydrogen) atoms. The Hall–Kier alpha value is -0.640. The third-order valence-corrected chi connectivity index (χ3v) is 3.25. The fourth-order valence-electron chi connectivity index (χ4n) is 1.85. The van der Waals surface area contributed by atoms with Crippen LogP contribution in [0.25, 0.3) is 0 Å². The van der Waals surface area contributed by atoms with Crippen LogP contribution in [0, 0.1) is 11.7 Å². The largest absolute Gasteiger partial charge is 0.373 e. The van der Waals surface area contributed by atoms with Crippen LogP contribution in [0.2, 0.25) is 5.02 Å². The zero-order valence-corrected chi connectivity index (χ0v) is 9.71. The Bertz CT molecular complexity index is 366. The number of halogens is 2. The van der Waals surface area contributed by atoms with Gasteiger partial charge in [-0.25, -0.2) is 4.39 Å². The average molecular weight is 244 g/mol. The van der Waals surface area contributed by atoms with Crippen LogP contribution in [0.3, 0.4) is 0 Å². The molecule has 1 aliphatic rings. The molecule has 0 bridgehead atoms. The van der Waals surface area contributed by atoms with Gasteiger partial charge in [-0.15, -0.1) is 0 Å². The highest BCUT2D eigenvalue weighted by Crippen LogP contribution is 2.30. The fraction of sp³-hybridized carbons (Fsp3) is 0.500. The molecule has 2 rings (SSSR count). The monoisotopic (exact) mass is 243 g/mol. The molecule has 1 saturated carbocycles. The van der Waals surface area contributed by atoms with Gasteiger partial charge in [0.25, 0.3) is 0 Å². The summed E-state index contributed by atoms with van der Waals surface area (Å²) in [7, 11) is 0. The molecular weight excluding hydrogens is 229 g/mol. The van der Waals surface area contributed by atoms with Crippen LogP contribution >= 0.6 is 11.6 Å². The third kappa shape index (κ3) is 2.73. The summed E-state index contributed by atoms with van der Waals surface area (Å²) in [6, 6.07) is 4.65. The molecule has 0 radical (unpaired) electrons. The van der Waals surface area contributed by atoms with Gasteiger partial charge in [0.05, 0.1) is 12.7 Å². The van der Waals surface area contributed by atoms with Gasteiger partial charge in [0.1, 0.15) is 5.82 Å². The smallest absolute Gasteiger partial charge is 0.130 e. The predicted octanol–water partition coefficient (Wildman–Crippen LogP) is 2.73. The zero-order valence-electron chi connectivity index (χ0n) is 8.96. The van der Waals surface area contributed by atoms with Gasteiger partial charge in [0, 0.05) is 10.6 Å². The standard InChI is InChI=1S/C12H15ClFNO/c13-10-2-1-9(12(14)5-10)7-16-11-3-8(4-11)6-15/h1-2,5,8,11H,3-4,6-7,15H2. The van der Waals surface area contributed by atoms with Gasteiger partial charge in [-0.1, -0.05) is 17.7 Å². The second-order valence-corrected chi connectivity index (χ2v) is 4.68. The lowest BCUT2D eigenvalue weighted by atomic mass is 9.82. The molecule has 1 fully saturated rings. The van der Waals surface area contributed by atoms with Gasteiger partial charge in [-0.3, -0.25) is 0 Å². The number of ether oxygens (including phenoxy) is 1. The first kappa shape index (κ1) is 11.8. The lowest BCUT2D eigenvalue weighted by Crippen LogP contribution is -2.35. The van der Waals surface area contributed by atoms with Crippen LogP contribution in [0.15, 0.2) is 18.2 Å². The third-order valence-electron chi connectivity index (χ3n) is 3.02. The molecule has 0 amide bonds. The molecule has 0 spiro atoms. The molecule has 4 heteroatoms. The van der Waals surface area contributed by atoms with Gasteiger partial charge in [0.15, 0.2) is 0 Å². The molecule has 1 aliphatic carbocycles. The summed E-state index contributed by atoms with van der Waals surface area (Å²) in [5.41, 5.74) is 6.07. The normalized spacial score (nSPS) is 24.2. The van der Waals surface area contributed by atoms with Crippen molar-refractivity contribution in [2.45, 2.75) is 25.6 Å². The highest BCUT2D eigenvalue weighted by atomic mass is 35.5. The molecule has 1 aromatic carbocycles. The van der Waals surface area contributed by atoms with Crippen LogP contribution in [0.5, 0.6) is 0 Å². The van der Waals surface area contributed by atoms with Crippen molar-refractivity contribution >= 4 is 11.6 Å². The Kier molecular flexibility index (Phi) is 3.79. The summed E-state index contributed by atoms with van der Waals surface area (Å²) in [5, 5.41) is 0.410. The van der Waals surface area contributed by atoms with E-state index in [1.807, 2.05) is 0 Å². The summed E-state index contributed by atoms with van der Waals surface area (Å²) in [5.74, 6) is 0.280. The van der Waals surface area contributed by atoms with Gasteiger partial charge in [-0.2, -0.15) is 0 Å². The average Bonchev–Trinajstić information content (AvgIpc) is 2.18. The Morgan fingerprint density at radius 3 is 2.81 bits per heavy atom. The van der Waals surface area contributed by atoms with E-state index in [0.717, 1.165) is 19.4 Å². The molecule has 0 saturated heterocycles. The van der Waals surface area contributed by atoms with Crippen molar-refractivity contribution in [2.75, 3.05) is 6.54 Å². The molecular formula is C12H15ClFNO. The van der Waals surface area contributed by atoms with E-state index in [2.05, 4.69) is 0 Å². The fourth-order valence-corrected chi connectivity index (χ4v) is 2.01. The van der Waals surface area contributed by atoms with E-state index in [1.165, 1.54) is 6.07 Å². The molecule has 2 nitrogen and oxygen atoms in total. The predicted molar refractivity (Wildman–Crippen MR) is 61.8 cm³/mol. The molecule has 0 aliphatic heterocycles. The summed E-state index contributed by atoms with van der Waals surface area (Å²) < 4.78 is 19.0. The van der Waals surface area contributed by atoms with Crippen LogP contribution < -0.4 is 5.73 Å².